The molecule has 2 rings (SSSR count). The van der Waals surface area contributed by atoms with Crippen LogP contribution in [0.4, 0.5) is 0 Å². The van der Waals surface area contributed by atoms with E-state index in [1.165, 1.54) is 38.8 Å². The molecule has 2 atom stereocenters. The molecule has 2 aliphatic rings. The molecule has 1 saturated heterocycles. The lowest BCUT2D eigenvalue weighted by molar-refractivity contribution is 0.0736. The highest BCUT2D eigenvalue weighted by atomic mass is 16.3. The van der Waals surface area contributed by atoms with Crippen molar-refractivity contribution in [3.8, 4) is 0 Å². The molecule has 1 aliphatic heterocycles. The summed E-state index contributed by atoms with van der Waals surface area (Å²) in [7, 11) is 2.21. The molecule has 0 aromatic heterocycles. The monoisotopic (exact) mass is 240 g/mol. The van der Waals surface area contributed by atoms with E-state index in [1.807, 2.05) is 0 Å². The Balaban J connectivity index is 1.76. The van der Waals surface area contributed by atoms with Crippen LogP contribution in [-0.4, -0.2) is 48.8 Å². The molecule has 0 aromatic rings. The molecule has 17 heavy (non-hydrogen) atoms. The number of nitrogens with one attached hydrogen (secondary N) is 1. The first-order chi connectivity index (χ1) is 8.09. The maximum absolute atomic E-state index is 9.95. The second-order valence-electron chi connectivity index (χ2n) is 6.45. The fourth-order valence-corrected chi connectivity index (χ4v) is 3.06. The van der Waals surface area contributed by atoms with Crippen molar-refractivity contribution in [2.24, 2.45) is 5.41 Å². The largest absolute Gasteiger partial charge is 0.392 e. The lowest BCUT2D eigenvalue weighted by Gasteiger charge is -2.40. The molecular weight excluding hydrogens is 212 g/mol. The average molecular weight is 240 g/mol. The van der Waals surface area contributed by atoms with E-state index in [-0.39, 0.29) is 6.10 Å². The molecule has 0 aromatic carbocycles. The number of aliphatic hydroxyl groups excluding tert-OH is 1. The second-order valence-corrected chi connectivity index (χ2v) is 6.45. The zero-order chi connectivity index (χ0) is 12.3. The van der Waals surface area contributed by atoms with Crippen molar-refractivity contribution in [3.63, 3.8) is 0 Å². The van der Waals surface area contributed by atoms with Crippen LogP contribution in [0.1, 0.15) is 45.4 Å². The van der Waals surface area contributed by atoms with Gasteiger partial charge in [0.15, 0.2) is 0 Å². The molecule has 1 saturated carbocycles. The topological polar surface area (TPSA) is 35.5 Å². The van der Waals surface area contributed by atoms with Crippen LogP contribution in [0, 0.1) is 5.41 Å². The minimum atomic E-state index is -0.112. The van der Waals surface area contributed by atoms with Gasteiger partial charge in [-0.3, -0.25) is 0 Å². The van der Waals surface area contributed by atoms with E-state index in [0.717, 1.165) is 19.4 Å². The molecular formula is C14H28N2O. The fourth-order valence-electron chi connectivity index (χ4n) is 3.06. The van der Waals surface area contributed by atoms with E-state index in [1.54, 1.807) is 0 Å². The Labute approximate surface area is 106 Å². The summed E-state index contributed by atoms with van der Waals surface area (Å²) < 4.78 is 0. The van der Waals surface area contributed by atoms with Crippen LogP contribution in [0.15, 0.2) is 0 Å². The van der Waals surface area contributed by atoms with Gasteiger partial charge < -0.3 is 15.3 Å². The number of rotatable bonds is 3. The smallest absolute Gasteiger partial charge is 0.0693 e. The molecule has 100 valence electrons. The van der Waals surface area contributed by atoms with Crippen molar-refractivity contribution in [3.05, 3.63) is 0 Å². The zero-order valence-electron chi connectivity index (χ0n) is 11.4. The van der Waals surface area contributed by atoms with Crippen molar-refractivity contribution in [2.75, 3.05) is 26.7 Å². The molecule has 0 spiro atoms. The highest BCUT2D eigenvalue weighted by Crippen LogP contribution is 2.30. The molecule has 0 unspecified atom stereocenters. The minimum absolute atomic E-state index is 0.112. The quantitative estimate of drug-likeness (QED) is 0.787. The molecule has 2 N–H and O–H groups in total. The Morgan fingerprint density at radius 3 is 2.53 bits per heavy atom. The molecule has 0 bridgehead atoms. The minimum Gasteiger partial charge on any atom is -0.392 e. The van der Waals surface area contributed by atoms with Gasteiger partial charge in [0.25, 0.3) is 0 Å². The van der Waals surface area contributed by atoms with Gasteiger partial charge in [0.05, 0.1) is 6.10 Å². The summed E-state index contributed by atoms with van der Waals surface area (Å²) in [6, 6.07) is 0.347. The maximum atomic E-state index is 9.95. The Morgan fingerprint density at radius 2 is 1.88 bits per heavy atom. The molecule has 3 heteroatoms. The summed E-state index contributed by atoms with van der Waals surface area (Å²) in [5.41, 5.74) is 0.434. The van der Waals surface area contributed by atoms with Gasteiger partial charge in [-0.1, -0.05) is 19.8 Å². The van der Waals surface area contributed by atoms with Gasteiger partial charge in [-0.2, -0.15) is 0 Å². The van der Waals surface area contributed by atoms with Crippen LogP contribution >= 0.6 is 0 Å². The first-order valence-corrected chi connectivity index (χ1v) is 7.19. The Kier molecular flexibility index (Phi) is 4.45. The Bertz CT molecular complexity index is 236. The third-order valence-electron chi connectivity index (χ3n) is 4.71. The molecule has 1 aliphatic carbocycles. The van der Waals surface area contributed by atoms with Crippen molar-refractivity contribution in [1.29, 1.82) is 0 Å². The SMILES string of the molecule is CN1CCC(C)(CN[C@@H]2CCCC[C@H]2O)CC1. The van der Waals surface area contributed by atoms with E-state index in [4.69, 9.17) is 0 Å². The molecule has 1 heterocycles. The van der Waals surface area contributed by atoms with Crippen LogP contribution < -0.4 is 5.32 Å². The third-order valence-corrected chi connectivity index (χ3v) is 4.71. The maximum Gasteiger partial charge on any atom is 0.0693 e. The van der Waals surface area contributed by atoms with Gasteiger partial charge in [-0.15, -0.1) is 0 Å². The van der Waals surface area contributed by atoms with Gasteiger partial charge in [-0.25, -0.2) is 0 Å². The van der Waals surface area contributed by atoms with Crippen LogP contribution in [0.5, 0.6) is 0 Å². The summed E-state index contributed by atoms with van der Waals surface area (Å²) in [5, 5.41) is 13.6. The molecule has 0 radical (unpaired) electrons. The number of likely N-dealkylation sites (tertiary alicyclic amines) is 1. The third kappa shape index (κ3) is 3.67. The zero-order valence-corrected chi connectivity index (χ0v) is 11.4. The second kappa shape index (κ2) is 5.68. The number of aliphatic hydroxyl groups is 1. The van der Waals surface area contributed by atoms with Gasteiger partial charge in [0.2, 0.25) is 0 Å². The van der Waals surface area contributed by atoms with Crippen molar-refractivity contribution in [2.45, 2.75) is 57.6 Å². The van der Waals surface area contributed by atoms with Gasteiger partial charge >= 0.3 is 0 Å². The Morgan fingerprint density at radius 1 is 1.24 bits per heavy atom. The lowest BCUT2D eigenvalue weighted by Crippen LogP contribution is -2.48. The number of nitrogens with zero attached hydrogens (tertiary/aromatic N) is 1. The molecule has 2 fully saturated rings. The summed E-state index contributed by atoms with van der Waals surface area (Å²) in [6.45, 7) is 5.89. The highest BCUT2D eigenvalue weighted by Gasteiger charge is 2.31. The average Bonchev–Trinajstić information content (AvgIpc) is 2.33. The highest BCUT2D eigenvalue weighted by molar-refractivity contribution is 4.87. The van der Waals surface area contributed by atoms with Crippen molar-refractivity contribution < 1.29 is 5.11 Å². The van der Waals surface area contributed by atoms with E-state index in [9.17, 15) is 5.11 Å². The van der Waals surface area contributed by atoms with Gasteiger partial charge in [-0.05, 0) is 51.2 Å². The van der Waals surface area contributed by atoms with E-state index < -0.39 is 0 Å². The summed E-state index contributed by atoms with van der Waals surface area (Å²) >= 11 is 0. The lowest BCUT2D eigenvalue weighted by atomic mass is 9.80. The molecule has 3 nitrogen and oxygen atoms in total. The number of piperidine rings is 1. The van der Waals surface area contributed by atoms with Crippen LogP contribution in [0.25, 0.3) is 0 Å². The van der Waals surface area contributed by atoms with Crippen molar-refractivity contribution >= 4 is 0 Å². The Hall–Kier alpha value is -0.120. The molecule has 0 amide bonds. The van der Waals surface area contributed by atoms with Gasteiger partial charge in [0, 0.05) is 12.6 Å². The van der Waals surface area contributed by atoms with Crippen LogP contribution in [0.3, 0.4) is 0 Å². The normalized spacial score (nSPS) is 34.8. The predicted octanol–water partition coefficient (Wildman–Crippen LogP) is 1.61. The first-order valence-electron chi connectivity index (χ1n) is 7.19. The van der Waals surface area contributed by atoms with Crippen LogP contribution in [0.2, 0.25) is 0 Å². The fraction of sp³-hybridized carbons (Fsp3) is 1.00. The number of hydrogen-bond donors (Lipinski definition) is 2. The summed E-state index contributed by atoms with van der Waals surface area (Å²) in [5.74, 6) is 0. The predicted molar refractivity (Wildman–Crippen MR) is 71.1 cm³/mol. The van der Waals surface area contributed by atoms with E-state index >= 15 is 0 Å². The first kappa shape index (κ1) is 13.3. The standard InChI is InChI=1S/C14H28N2O/c1-14(7-9-16(2)10-8-14)11-15-12-5-3-4-6-13(12)17/h12-13,15,17H,3-11H2,1-2H3/t12-,13-/m1/s1. The summed E-state index contributed by atoms with van der Waals surface area (Å²) in [6.07, 6.45) is 7.04. The van der Waals surface area contributed by atoms with E-state index in [2.05, 4.69) is 24.2 Å². The number of hydrogen-bond acceptors (Lipinski definition) is 3. The summed E-state index contributed by atoms with van der Waals surface area (Å²) in [4.78, 5) is 2.41. The van der Waals surface area contributed by atoms with Crippen LogP contribution in [-0.2, 0) is 0 Å². The van der Waals surface area contributed by atoms with Crippen molar-refractivity contribution in [1.82, 2.24) is 10.2 Å². The van der Waals surface area contributed by atoms with E-state index in [0.29, 0.717) is 11.5 Å². The van der Waals surface area contributed by atoms with Gasteiger partial charge in [0.1, 0.15) is 0 Å².